The summed E-state index contributed by atoms with van der Waals surface area (Å²) in [5.41, 5.74) is 0.310. The van der Waals surface area contributed by atoms with Gasteiger partial charge in [0, 0.05) is 6.42 Å². The fourth-order valence-electron chi connectivity index (χ4n) is 1.24. The van der Waals surface area contributed by atoms with E-state index in [1.54, 1.807) is 12.1 Å². The summed E-state index contributed by atoms with van der Waals surface area (Å²) in [5, 5.41) is 8.85. The Balaban J connectivity index is 2.93. The number of rotatable bonds is 4. The van der Waals surface area contributed by atoms with Crippen LogP contribution in [-0.4, -0.2) is 29.9 Å². The molecule has 0 bridgehead atoms. The summed E-state index contributed by atoms with van der Waals surface area (Å²) < 4.78 is 4.25. The summed E-state index contributed by atoms with van der Waals surface area (Å²) in [6.45, 7) is 0. The molecule has 0 atom stereocenters. The van der Waals surface area contributed by atoms with Gasteiger partial charge in [0.1, 0.15) is 0 Å². The average Bonchev–Trinajstić information content (AvgIpc) is 2.28. The lowest BCUT2D eigenvalue weighted by atomic mass is 10.0. The molecule has 0 fully saturated rings. The van der Waals surface area contributed by atoms with Crippen LogP contribution in [0, 0.1) is 0 Å². The monoisotopic (exact) mass is 222 g/mol. The SMILES string of the molecule is COC(=O)C(=O)Cc1ccccc1C(=O)O. The van der Waals surface area contributed by atoms with Crippen LogP contribution in [0.4, 0.5) is 0 Å². The van der Waals surface area contributed by atoms with E-state index in [0.29, 0.717) is 5.56 Å². The molecule has 0 amide bonds. The van der Waals surface area contributed by atoms with E-state index in [-0.39, 0.29) is 12.0 Å². The smallest absolute Gasteiger partial charge is 0.374 e. The van der Waals surface area contributed by atoms with Gasteiger partial charge >= 0.3 is 11.9 Å². The normalized spacial score (nSPS) is 9.56. The van der Waals surface area contributed by atoms with Crippen molar-refractivity contribution < 1.29 is 24.2 Å². The lowest BCUT2D eigenvalue weighted by Gasteiger charge is -2.03. The number of hydrogen-bond donors (Lipinski definition) is 1. The average molecular weight is 222 g/mol. The standard InChI is InChI=1S/C11H10O5/c1-16-11(15)9(12)6-7-4-2-3-5-8(7)10(13)14/h2-5H,6H2,1H3,(H,13,14). The number of ether oxygens (including phenoxy) is 1. The third-order valence-corrected chi connectivity index (χ3v) is 2.01. The van der Waals surface area contributed by atoms with Crippen LogP contribution >= 0.6 is 0 Å². The first kappa shape index (κ1) is 11.9. The molecule has 1 N–H and O–H groups in total. The molecule has 0 aliphatic heterocycles. The van der Waals surface area contributed by atoms with E-state index in [1.165, 1.54) is 12.1 Å². The molecule has 84 valence electrons. The van der Waals surface area contributed by atoms with Crippen molar-refractivity contribution in [3.05, 3.63) is 35.4 Å². The molecule has 5 nitrogen and oxygen atoms in total. The van der Waals surface area contributed by atoms with E-state index in [2.05, 4.69) is 4.74 Å². The fourth-order valence-corrected chi connectivity index (χ4v) is 1.24. The van der Waals surface area contributed by atoms with Gasteiger partial charge in [-0.1, -0.05) is 18.2 Å². The van der Waals surface area contributed by atoms with E-state index in [0.717, 1.165) is 7.11 Å². The zero-order valence-electron chi connectivity index (χ0n) is 8.60. The lowest BCUT2D eigenvalue weighted by molar-refractivity contribution is -0.151. The maximum atomic E-state index is 11.3. The van der Waals surface area contributed by atoms with Gasteiger partial charge in [0.2, 0.25) is 5.78 Å². The molecule has 1 aromatic rings. The van der Waals surface area contributed by atoms with E-state index >= 15 is 0 Å². The number of hydrogen-bond acceptors (Lipinski definition) is 4. The summed E-state index contributed by atoms with van der Waals surface area (Å²) in [7, 11) is 1.10. The van der Waals surface area contributed by atoms with Crippen molar-refractivity contribution in [2.45, 2.75) is 6.42 Å². The quantitative estimate of drug-likeness (QED) is 0.598. The van der Waals surface area contributed by atoms with Gasteiger partial charge in [-0.15, -0.1) is 0 Å². The molecule has 1 rings (SSSR count). The van der Waals surface area contributed by atoms with Crippen LogP contribution in [0.2, 0.25) is 0 Å². The Labute approximate surface area is 91.6 Å². The molecule has 0 aliphatic carbocycles. The van der Waals surface area contributed by atoms with Crippen molar-refractivity contribution in [3.63, 3.8) is 0 Å². The molecule has 0 saturated heterocycles. The largest absolute Gasteiger partial charge is 0.478 e. The molecule has 0 aliphatic rings. The van der Waals surface area contributed by atoms with Gasteiger partial charge in [-0.05, 0) is 11.6 Å². The number of benzene rings is 1. The van der Waals surface area contributed by atoms with Crippen LogP contribution in [0.15, 0.2) is 24.3 Å². The number of methoxy groups -OCH3 is 1. The summed E-state index contributed by atoms with van der Waals surface area (Å²) in [5.74, 6) is -2.87. The van der Waals surface area contributed by atoms with Crippen LogP contribution in [0.1, 0.15) is 15.9 Å². The number of aromatic carboxylic acids is 1. The Morgan fingerprint density at radius 1 is 1.25 bits per heavy atom. The third-order valence-electron chi connectivity index (χ3n) is 2.01. The van der Waals surface area contributed by atoms with Gasteiger partial charge in [0.25, 0.3) is 0 Å². The van der Waals surface area contributed by atoms with Gasteiger partial charge in [0.05, 0.1) is 12.7 Å². The molecule has 1 aromatic carbocycles. The van der Waals surface area contributed by atoms with E-state index in [1.807, 2.05) is 0 Å². The Hall–Kier alpha value is -2.17. The number of carbonyl (C=O) groups is 3. The predicted molar refractivity (Wildman–Crippen MR) is 54.1 cm³/mol. The molecule has 5 heteroatoms. The Morgan fingerprint density at radius 2 is 1.88 bits per heavy atom. The second kappa shape index (κ2) is 5.06. The van der Waals surface area contributed by atoms with E-state index in [9.17, 15) is 14.4 Å². The van der Waals surface area contributed by atoms with E-state index in [4.69, 9.17) is 5.11 Å². The zero-order chi connectivity index (χ0) is 12.1. The lowest BCUT2D eigenvalue weighted by Crippen LogP contribution is -2.19. The number of esters is 1. The number of carboxylic acid groups (broad SMARTS) is 1. The van der Waals surface area contributed by atoms with Crippen molar-refractivity contribution in [2.75, 3.05) is 7.11 Å². The van der Waals surface area contributed by atoms with Crippen LogP contribution in [-0.2, 0) is 20.7 Å². The van der Waals surface area contributed by atoms with Gasteiger partial charge in [-0.25, -0.2) is 9.59 Å². The van der Waals surface area contributed by atoms with Crippen molar-refractivity contribution >= 4 is 17.7 Å². The molecular formula is C11H10O5. The highest BCUT2D eigenvalue weighted by atomic mass is 16.5. The predicted octanol–water partition coefficient (Wildman–Crippen LogP) is 0.669. The van der Waals surface area contributed by atoms with Crippen LogP contribution in [0.25, 0.3) is 0 Å². The first-order valence-corrected chi connectivity index (χ1v) is 4.48. The van der Waals surface area contributed by atoms with Crippen LogP contribution in [0.3, 0.4) is 0 Å². The van der Waals surface area contributed by atoms with Crippen LogP contribution < -0.4 is 0 Å². The first-order valence-electron chi connectivity index (χ1n) is 4.48. The third kappa shape index (κ3) is 2.66. The van der Waals surface area contributed by atoms with Gasteiger partial charge in [-0.2, -0.15) is 0 Å². The number of carboxylic acids is 1. The zero-order valence-corrected chi connectivity index (χ0v) is 8.60. The highest BCUT2D eigenvalue weighted by molar-refractivity contribution is 6.34. The minimum atomic E-state index is -1.13. The molecule has 0 radical (unpaired) electrons. The van der Waals surface area contributed by atoms with Crippen LogP contribution in [0.5, 0.6) is 0 Å². The summed E-state index contributed by atoms with van der Waals surface area (Å²) in [6, 6.07) is 6.02. The van der Waals surface area contributed by atoms with Gasteiger partial charge < -0.3 is 9.84 Å². The molecule has 0 unspecified atom stereocenters. The maximum Gasteiger partial charge on any atom is 0.374 e. The summed E-state index contributed by atoms with van der Waals surface area (Å²) in [6.07, 6.45) is -0.269. The molecule has 0 heterocycles. The highest BCUT2D eigenvalue weighted by Gasteiger charge is 2.18. The topological polar surface area (TPSA) is 80.7 Å². The molecule has 0 saturated carbocycles. The second-order valence-corrected chi connectivity index (χ2v) is 3.05. The number of ketones is 1. The summed E-state index contributed by atoms with van der Waals surface area (Å²) >= 11 is 0. The van der Waals surface area contributed by atoms with Crippen molar-refractivity contribution in [3.8, 4) is 0 Å². The van der Waals surface area contributed by atoms with Gasteiger partial charge in [-0.3, -0.25) is 4.79 Å². The maximum absolute atomic E-state index is 11.3. The van der Waals surface area contributed by atoms with Crippen molar-refractivity contribution in [1.82, 2.24) is 0 Å². The number of carbonyl (C=O) groups excluding carboxylic acids is 2. The van der Waals surface area contributed by atoms with E-state index < -0.39 is 17.7 Å². The molecule has 0 aromatic heterocycles. The van der Waals surface area contributed by atoms with Crippen molar-refractivity contribution in [2.24, 2.45) is 0 Å². The Morgan fingerprint density at radius 3 is 2.44 bits per heavy atom. The molecule has 16 heavy (non-hydrogen) atoms. The van der Waals surface area contributed by atoms with Gasteiger partial charge in [0.15, 0.2) is 0 Å². The molecule has 0 spiro atoms. The fraction of sp³-hybridized carbons (Fsp3) is 0.182. The minimum absolute atomic E-state index is 0.0137. The highest BCUT2D eigenvalue weighted by Crippen LogP contribution is 2.10. The second-order valence-electron chi connectivity index (χ2n) is 3.05. The minimum Gasteiger partial charge on any atom is -0.478 e. The molecular weight excluding hydrogens is 212 g/mol. The number of Topliss-reactive ketones (excluding diaryl/α,β-unsaturated/α-hetero) is 1. The van der Waals surface area contributed by atoms with Crippen molar-refractivity contribution in [1.29, 1.82) is 0 Å². The first-order chi connectivity index (χ1) is 7.56. The Kier molecular flexibility index (Phi) is 3.77. The summed E-state index contributed by atoms with van der Waals surface area (Å²) in [4.78, 5) is 32.9. The Bertz CT molecular complexity index is 436.